The Morgan fingerprint density at radius 2 is 0.435 bits per heavy atom. The van der Waals surface area contributed by atoms with Crippen LogP contribution in [-0.4, -0.2) is 175 Å². The molecule has 50 heteroatoms. The molecule has 7 radical (unpaired) electrons. The van der Waals surface area contributed by atoms with Crippen LogP contribution in [0, 0.1) is 90.9 Å². The van der Waals surface area contributed by atoms with E-state index < -0.39 is 167 Å². The van der Waals surface area contributed by atoms with Gasteiger partial charge in [-0.25, -0.2) is 104 Å². The summed E-state index contributed by atoms with van der Waals surface area (Å²) in [5.41, 5.74) is -0.834. The van der Waals surface area contributed by atoms with Gasteiger partial charge in [-0.1, -0.05) is 76.2 Å². The minimum atomic E-state index is -1.14. The van der Waals surface area contributed by atoms with E-state index in [0.717, 1.165) is 56.3 Å². The predicted molar refractivity (Wildman–Crippen MR) is 415 cm³/mol. The minimum absolute atomic E-state index is 0. The van der Waals surface area contributed by atoms with Gasteiger partial charge in [-0.3, -0.25) is 4.79 Å². The molecule has 0 aromatic carbocycles. The zero-order valence-electron chi connectivity index (χ0n) is 72.6. The number of carbonyl (C=O) groups is 1. The Balaban J connectivity index is 0.000000744. The molecule has 0 fully saturated rings. The number of aliphatic hydroxyl groups excluding tert-OH is 4. The van der Waals surface area contributed by atoms with E-state index in [2.05, 4.69) is 82.1 Å². The summed E-state index contributed by atoms with van der Waals surface area (Å²) in [6, 6.07) is 19.0. The Hall–Kier alpha value is -3.76. The Labute approximate surface area is 921 Å². The second-order valence-electron chi connectivity index (χ2n) is 27.2. The van der Waals surface area contributed by atoms with E-state index in [1.165, 1.54) is 74.6 Å². The molecule has 7 aromatic rings. The smallest absolute Gasteiger partial charge is 0.344 e. The Kier molecular flexibility index (Phi) is 58.3. The second-order valence-corrected chi connectivity index (χ2v) is 27.2. The van der Waals surface area contributed by atoms with E-state index in [0.29, 0.717) is 65.5 Å². The van der Waals surface area contributed by atoms with E-state index in [1.807, 2.05) is 27.7 Å². The van der Waals surface area contributed by atoms with Crippen molar-refractivity contribution in [1.29, 1.82) is 0 Å². The van der Waals surface area contributed by atoms with Gasteiger partial charge in [-0.2, -0.15) is 43.4 Å². The molecule has 8 aliphatic rings. The second kappa shape index (κ2) is 60.9. The van der Waals surface area contributed by atoms with Crippen molar-refractivity contribution in [3.05, 3.63) is 294 Å². The molecule has 15 rings (SSSR count). The molecule has 16 atom stereocenters. The summed E-state index contributed by atoms with van der Waals surface area (Å²) in [4.78, 5) is 116. The molecule has 0 unspecified atom stereocenters. The maximum atomic E-state index is 13.5. The molecular weight excluding hydrogens is 2280 g/mol. The first-order chi connectivity index (χ1) is 58.9. The van der Waals surface area contributed by atoms with E-state index in [-0.39, 0.29) is 280 Å². The Morgan fingerprint density at radius 1 is 0.290 bits per heavy atom. The van der Waals surface area contributed by atoms with Gasteiger partial charge in [0.25, 0.3) is 6.29 Å². The number of ether oxygens (including phenoxy) is 9. The molecule has 0 saturated heterocycles. The van der Waals surface area contributed by atoms with Gasteiger partial charge in [0, 0.05) is 236 Å². The van der Waals surface area contributed by atoms with Crippen molar-refractivity contribution < 1.29 is 332 Å². The molecule has 691 valence electrons. The monoisotopic (exact) mass is 2370 g/mol. The molecule has 0 saturated carbocycles. The van der Waals surface area contributed by atoms with Gasteiger partial charge in [-0.05, 0) is 74.3 Å². The molecular formula is C81H87F8N14O21Y7-7. The van der Waals surface area contributed by atoms with E-state index in [1.54, 1.807) is 48.5 Å². The topological polar surface area (TPSA) is 425 Å². The Morgan fingerprint density at radius 3 is 0.557 bits per heavy atom. The van der Waals surface area contributed by atoms with E-state index >= 15 is 0 Å². The van der Waals surface area contributed by atoms with Crippen molar-refractivity contribution in [3.63, 3.8) is 0 Å². The number of aryl methyl sites for hydroxylation is 7. The van der Waals surface area contributed by atoms with Crippen LogP contribution in [0.4, 0.5) is 35.1 Å². The minimum Gasteiger partial charge on any atom is -0.432 e. The van der Waals surface area contributed by atoms with E-state index in [4.69, 9.17) is 58.3 Å². The Bertz CT molecular complexity index is 4750. The van der Waals surface area contributed by atoms with Crippen LogP contribution in [0.5, 0.6) is 0 Å². The van der Waals surface area contributed by atoms with Gasteiger partial charge in [0.1, 0.15) is 65.2 Å². The first kappa shape index (κ1) is 125. The van der Waals surface area contributed by atoms with Crippen LogP contribution < -0.4 is 39.8 Å². The number of carbonyl (C=O) groups excluding carboxylic acids is 1. The van der Waals surface area contributed by atoms with Crippen LogP contribution in [0.1, 0.15) is 144 Å². The standard InChI is InChI=1S/3C11H12FN2O2.4C10H10FN2O3.C8H11FO3.7Y/c3*1-3-8-6-9(12)10(16-8)14-5-4-7(2)13-11(14)15;4*1-6-2-3-13(10(15)12-6)9-8(11)4-7(5-14)16-9;1-3-6-4-7(9)8(12-6)11-5(2)10;;;;;;;/h3*5-6,8,10H,3H2,1-2H3;4*3-4,7,9,14H,5H2,1H3;4,6,8H,3H2,1-2H3;;;;;;;/q7*-1;;;;;;;;/t8-,10+;2*8-,10-;2*7-,9+;2*7-,9-;6-,8+;;;;;;;/m00011110......./s1. The number of esters is 1. The fourth-order valence-electron chi connectivity index (χ4n) is 11.4. The van der Waals surface area contributed by atoms with Gasteiger partial charge in [0.2, 0.25) is 0 Å². The predicted octanol–water partition coefficient (Wildman–Crippen LogP) is 6.44. The normalized spacial score (nSPS) is 23.6. The number of nitrogens with zero attached hydrogens (tertiary/aromatic N) is 14. The maximum absolute atomic E-state index is 13.5. The van der Waals surface area contributed by atoms with Crippen LogP contribution in [0.3, 0.4) is 0 Å². The van der Waals surface area contributed by atoms with Crippen LogP contribution >= 0.6 is 0 Å². The number of hydrogen-bond acceptors (Lipinski definition) is 28. The molecule has 15 heterocycles. The molecule has 35 nitrogen and oxygen atoms in total. The summed E-state index contributed by atoms with van der Waals surface area (Å²) in [5.74, 6) is -4.85. The summed E-state index contributed by atoms with van der Waals surface area (Å²) in [5, 5.41) is 35.3. The summed E-state index contributed by atoms with van der Waals surface area (Å²) in [7, 11) is 0. The average molecular weight is 2370 g/mol. The quantitative estimate of drug-likeness (QED) is 0.0459. The van der Waals surface area contributed by atoms with Crippen molar-refractivity contribution in [2.75, 3.05) is 26.4 Å². The summed E-state index contributed by atoms with van der Waals surface area (Å²) in [6.45, 7) is 18.8. The first-order valence-electron chi connectivity index (χ1n) is 38.1. The molecule has 0 bridgehead atoms. The molecule has 7 aromatic heterocycles. The number of halogens is 8. The third kappa shape index (κ3) is 36.4. The summed E-state index contributed by atoms with van der Waals surface area (Å²) < 4.78 is 161. The largest absolute Gasteiger partial charge is 0.432 e. The van der Waals surface area contributed by atoms with Gasteiger partial charge in [-0.15, -0.1) is 39.9 Å². The molecule has 0 spiro atoms. The van der Waals surface area contributed by atoms with Crippen molar-refractivity contribution >= 4 is 5.97 Å². The fourth-order valence-corrected chi connectivity index (χ4v) is 11.4. The third-order valence-electron chi connectivity index (χ3n) is 17.7. The van der Waals surface area contributed by atoms with Crippen molar-refractivity contribution in [2.45, 2.75) is 207 Å². The van der Waals surface area contributed by atoms with Crippen LogP contribution in [-0.2, 0) is 276 Å². The van der Waals surface area contributed by atoms with Gasteiger partial charge in [0.05, 0.1) is 50.8 Å². The maximum Gasteiger partial charge on any atom is 0.344 e. The number of hydrogen-bond donors (Lipinski definition) is 4. The van der Waals surface area contributed by atoms with Crippen molar-refractivity contribution in [1.82, 2.24) is 66.9 Å². The van der Waals surface area contributed by atoms with Crippen molar-refractivity contribution in [3.8, 4) is 0 Å². The fraction of sp³-hybridized carbons (Fsp3) is 0.444. The number of aromatic nitrogens is 14. The van der Waals surface area contributed by atoms with Crippen LogP contribution in [0.15, 0.2) is 172 Å². The van der Waals surface area contributed by atoms with E-state index in [9.17, 15) is 73.5 Å². The molecule has 8 aliphatic heterocycles. The molecule has 0 amide bonds. The van der Waals surface area contributed by atoms with Gasteiger partial charge in [0.15, 0.2) is 49.4 Å². The third-order valence-corrected chi connectivity index (χ3v) is 17.7. The van der Waals surface area contributed by atoms with Gasteiger partial charge < -0.3 is 137 Å². The average Bonchev–Trinajstić information content (AvgIpc) is 1.67. The number of aliphatic hydroxyl groups is 4. The molecule has 0 aliphatic carbocycles. The zero-order chi connectivity index (χ0) is 91.1. The van der Waals surface area contributed by atoms with Crippen molar-refractivity contribution in [2.24, 2.45) is 0 Å². The zero-order valence-corrected chi connectivity index (χ0v) is 92.5. The molecule has 4 N–H and O–H groups in total. The summed E-state index contributed by atoms with van der Waals surface area (Å²) in [6.07, 6.45) is 9.36. The SMILES string of the molecule is CC[C@H]1C=C(F)[C@@H](n2c[c-]c(C)nc2=O)O1.CC[C@H]1C=C(F)[C@@H](n2c[c-]c(C)nc2=O)O1.CC[C@H]1C=C(F)[C@H](OC(C)=O)O1.CC[C@H]1C=C(F)[C@H](n2c[c-]c(C)nc2=O)O1.Cc1[c-]cn([C@@H]2O[C@@H](CO)C=C2F)c(=O)n1.Cc1[c-]cn([C@@H]2O[C@@H](CO)C=C2F)c(=O)n1.Cc1[c-]cn([C@H]2O[C@@H](CO)C=C2F)c(=O)n1.Cc1[c-]cn([C@H]2O[C@@H](CO)C=C2F)c(=O)n1.[Y].[Y].[Y].[Y].[Y].[Y].[Y]. The summed E-state index contributed by atoms with van der Waals surface area (Å²) >= 11 is 0. The molecule has 131 heavy (non-hydrogen) atoms. The number of rotatable bonds is 16. The first-order valence-corrected chi connectivity index (χ1v) is 38.1. The van der Waals surface area contributed by atoms with Crippen LogP contribution in [0.25, 0.3) is 0 Å². The van der Waals surface area contributed by atoms with Gasteiger partial charge >= 0.3 is 45.8 Å². The van der Waals surface area contributed by atoms with Crippen LogP contribution in [0.2, 0.25) is 0 Å².